The first kappa shape index (κ1) is 40.3. The lowest BCUT2D eigenvalue weighted by atomic mass is 9.74. The van der Waals surface area contributed by atoms with Crippen LogP contribution in [0.1, 0.15) is 49.7 Å². The van der Waals surface area contributed by atoms with Crippen LogP contribution in [-0.2, 0) is 19.8 Å². The summed E-state index contributed by atoms with van der Waals surface area (Å²) in [4.78, 5) is 17.9. The van der Waals surface area contributed by atoms with Gasteiger partial charge in [0.25, 0.3) is 0 Å². The first-order chi connectivity index (χ1) is 23.1. The van der Waals surface area contributed by atoms with Crippen LogP contribution in [0.3, 0.4) is 0 Å². The molecule has 1 amide bonds. The molecule has 0 spiro atoms. The summed E-state index contributed by atoms with van der Waals surface area (Å²) in [7, 11) is 0. The van der Waals surface area contributed by atoms with Gasteiger partial charge in [-0.25, -0.2) is 0 Å². The number of allylic oxidation sites excluding steroid dienone is 2. The second-order valence-corrected chi connectivity index (χ2v) is 12.4. The van der Waals surface area contributed by atoms with Crippen molar-refractivity contribution in [3.63, 3.8) is 0 Å². The smallest absolute Gasteiger partial charge is 0.393 e. The van der Waals surface area contributed by atoms with Gasteiger partial charge in [-0.2, -0.15) is 26.3 Å². The molecular formula is C34H39Cl2F6N3O4. The van der Waals surface area contributed by atoms with E-state index in [4.69, 9.17) is 38.5 Å². The van der Waals surface area contributed by atoms with Gasteiger partial charge in [0.15, 0.2) is 0 Å². The quantitative estimate of drug-likeness (QED) is 0.0631. The monoisotopic (exact) mass is 737 g/mol. The number of benzene rings is 2. The molecule has 0 bridgehead atoms. The number of nitrogens with zero attached hydrogens (tertiary/aromatic N) is 1. The SMILES string of the molecule is CCC(CCNCCC(/C(COCC1=CC(C(F)(F)F)CC(C(F)(F)F)=C1)=N/OCCO)c1ccc(Cl)c(Cl)c1)(C(N)=O)c1ccccc1. The minimum Gasteiger partial charge on any atom is -0.393 e. The van der Waals surface area contributed by atoms with Gasteiger partial charge >= 0.3 is 12.4 Å². The van der Waals surface area contributed by atoms with Crippen molar-refractivity contribution in [1.29, 1.82) is 0 Å². The number of nitrogens with two attached hydrogens (primary N) is 1. The number of rotatable bonds is 18. The molecule has 4 N–H and O–H groups in total. The predicted octanol–water partition coefficient (Wildman–Crippen LogP) is 7.66. The van der Waals surface area contributed by atoms with Crippen molar-refractivity contribution in [3.8, 4) is 0 Å². The van der Waals surface area contributed by atoms with E-state index in [1.807, 2.05) is 37.3 Å². The highest BCUT2D eigenvalue weighted by Crippen LogP contribution is 2.41. The average Bonchev–Trinajstić information content (AvgIpc) is 3.05. The topological polar surface area (TPSA) is 106 Å². The number of aliphatic hydroxyl groups excluding tert-OH is 1. The summed E-state index contributed by atoms with van der Waals surface area (Å²) in [5, 5.41) is 17.2. The Kier molecular flexibility index (Phi) is 15.0. The van der Waals surface area contributed by atoms with Crippen molar-refractivity contribution in [2.45, 2.75) is 56.3 Å². The van der Waals surface area contributed by atoms with Gasteiger partial charge in [0.05, 0.1) is 46.9 Å². The third-order valence-electron chi connectivity index (χ3n) is 8.37. The maximum Gasteiger partial charge on any atom is 0.412 e. The van der Waals surface area contributed by atoms with Crippen molar-refractivity contribution in [2.75, 3.05) is 39.5 Å². The molecule has 3 unspecified atom stereocenters. The molecule has 1 aliphatic carbocycles. The number of alkyl halides is 6. The fourth-order valence-electron chi connectivity index (χ4n) is 5.67. The summed E-state index contributed by atoms with van der Waals surface area (Å²) < 4.78 is 86.3. The average molecular weight is 739 g/mol. The zero-order valence-electron chi connectivity index (χ0n) is 26.7. The number of hydrogen-bond acceptors (Lipinski definition) is 6. The van der Waals surface area contributed by atoms with Crippen molar-refractivity contribution >= 4 is 34.8 Å². The summed E-state index contributed by atoms with van der Waals surface area (Å²) in [6, 6.07) is 14.1. The summed E-state index contributed by atoms with van der Waals surface area (Å²) >= 11 is 12.5. The molecule has 7 nitrogen and oxygen atoms in total. The molecule has 0 saturated carbocycles. The third-order valence-corrected chi connectivity index (χ3v) is 9.11. The Morgan fingerprint density at radius 1 is 1.08 bits per heavy atom. The number of ether oxygens (including phenoxy) is 1. The Bertz CT molecular complexity index is 1480. The highest BCUT2D eigenvalue weighted by atomic mass is 35.5. The van der Waals surface area contributed by atoms with Crippen LogP contribution < -0.4 is 11.1 Å². The molecule has 0 heterocycles. The molecule has 3 rings (SSSR count). The Morgan fingerprint density at radius 2 is 1.80 bits per heavy atom. The van der Waals surface area contributed by atoms with E-state index in [1.54, 1.807) is 18.2 Å². The van der Waals surface area contributed by atoms with Gasteiger partial charge in [-0.3, -0.25) is 4.79 Å². The van der Waals surface area contributed by atoms with Crippen molar-refractivity contribution in [3.05, 3.63) is 93.0 Å². The highest BCUT2D eigenvalue weighted by Gasteiger charge is 2.45. The lowest BCUT2D eigenvalue weighted by Gasteiger charge is -2.30. The minimum absolute atomic E-state index is 0.183. The van der Waals surface area contributed by atoms with Crippen LogP contribution in [0.15, 0.2) is 77.0 Å². The highest BCUT2D eigenvalue weighted by molar-refractivity contribution is 6.42. The van der Waals surface area contributed by atoms with E-state index >= 15 is 0 Å². The number of amides is 1. The summed E-state index contributed by atoms with van der Waals surface area (Å²) in [6.45, 7) is 1.21. The van der Waals surface area contributed by atoms with Crippen LogP contribution in [0.2, 0.25) is 10.0 Å². The minimum atomic E-state index is -4.94. The number of nitrogens with one attached hydrogen (secondary N) is 1. The lowest BCUT2D eigenvalue weighted by molar-refractivity contribution is -0.166. The van der Waals surface area contributed by atoms with E-state index in [-0.39, 0.29) is 41.2 Å². The second kappa shape index (κ2) is 18.2. The van der Waals surface area contributed by atoms with Gasteiger partial charge in [-0.1, -0.05) is 77.8 Å². The fourth-order valence-corrected chi connectivity index (χ4v) is 5.97. The van der Waals surface area contributed by atoms with E-state index in [0.717, 1.165) is 11.6 Å². The van der Waals surface area contributed by atoms with Crippen molar-refractivity contribution in [1.82, 2.24) is 5.32 Å². The van der Waals surface area contributed by atoms with Crippen LogP contribution in [0.5, 0.6) is 0 Å². The van der Waals surface area contributed by atoms with E-state index in [2.05, 4.69) is 10.5 Å². The van der Waals surface area contributed by atoms with E-state index in [0.29, 0.717) is 44.0 Å². The summed E-state index contributed by atoms with van der Waals surface area (Å²) in [6.07, 6.45) is -8.39. The third kappa shape index (κ3) is 11.5. The van der Waals surface area contributed by atoms with E-state index in [1.165, 1.54) is 0 Å². The summed E-state index contributed by atoms with van der Waals surface area (Å²) in [5.41, 5.74) is 5.06. The molecule has 15 heteroatoms. The van der Waals surface area contributed by atoms with Gasteiger partial charge in [-0.15, -0.1) is 0 Å². The number of oxime groups is 1. The van der Waals surface area contributed by atoms with Gasteiger partial charge in [0.1, 0.15) is 6.61 Å². The van der Waals surface area contributed by atoms with Crippen LogP contribution in [0.25, 0.3) is 0 Å². The largest absolute Gasteiger partial charge is 0.412 e. The molecule has 0 aliphatic heterocycles. The molecular weight excluding hydrogens is 699 g/mol. The molecule has 0 fully saturated rings. The standard InChI is InChI=1S/C34H39Cl2F6N3O4/c1-2-32(31(43)47,24-6-4-3-5-7-24)11-13-44-12-10-27(23-8-9-28(35)29(36)18-23)30(45-49-15-14-46)21-48-20-22-16-25(33(37,38)39)19-26(17-22)34(40,41)42/h3-9,16-18,25,27,44,46H,2,10-15,19-21H2,1H3,(H2,43,47)/b45-30+. The van der Waals surface area contributed by atoms with Crippen LogP contribution in [0.4, 0.5) is 26.3 Å². The van der Waals surface area contributed by atoms with Crippen molar-refractivity contribution in [2.24, 2.45) is 16.8 Å². The molecule has 2 aromatic rings. The molecule has 270 valence electrons. The second-order valence-electron chi connectivity index (χ2n) is 11.6. The number of hydrogen-bond donors (Lipinski definition) is 3. The Morgan fingerprint density at radius 3 is 2.39 bits per heavy atom. The Balaban J connectivity index is 1.81. The fraction of sp³-hybridized carbons (Fsp3) is 0.471. The zero-order valence-corrected chi connectivity index (χ0v) is 28.2. The van der Waals surface area contributed by atoms with Gasteiger partial charge in [0, 0.05) is 11.5 Å². The van der Waals surface area contributed by atoms with Crippen LogP contribution >= 0.6 is 23.2 Å². The van der Waals surface area contributed by atoms with Gasteiger partial charge < -0.3 is 25.7 Å². The normalized spacial score (nSPS) is 17.6. The Hall–Kier alpha value is -3.10. The molecule has 1 aliphatic rings. The molecule has 49 heavy (non-hydrogen) atoms. The first-order valence-corrected chi connectivity index (χ1v) is 16.3. The molecule has 3 atom stereocenters. The van der Waals surface area contributed by atoms with Crippen LogP contribution in [-0.4, -0.2) is 68.6 Å². The number of halogens is 8. The summed E-state index contributed by atoms with van der Waals surface area (Å²) in [5.74, 6) is -3.34. The number of aliphatic hydroxyl groups is 1. The van der Waals surface area contributed by atoms with Crippen LogP contribution in [0, 0.1) is 5.92 Å². The van der Waals surface area contributed by atoms with E-state index < -0.39 is 54.1 Å². The molecule has 0 aromatic heterocycles. The molecule has 2 aromatic carbocycles. The number of carbonyl (C=O) groups is 1. The maximum atomic E-state index is 13.5. The van der Waals surface area contributed by atoms with Gasteiger partial charge in [-0.05, 0) is 73.7 Å². The predicted molar refractivity (Wildman–Crippen MR) is 177 cm³/mol. The van der Waals surface area contributed by atoms with Crippen molar-refractivity contribution < 1.29 is 45.8 Å². The number of carbonyl (C=O) groups excluding carboxylic acids is 1. The maximum absolute atomic E-state index is 13.5. The lowest BCUT2D eigenvalue weighted by Crippen LogP contribution is -2.43. The van der Waals surface area contributed by atoms with E-state index in [9.17, 15) is 36.2 Å². The molecule has 0 saturated heterocycles. The molecule has 0 radical (unpaired) electrons. The zero-order chi connectivity index (χ0) is 36.2. The van der Waals surface area contributed by atoms with Gasteiger partial charge in [0.2, 0.25) is 5.91 Å². The number of primary amides is 1. The first-order valence-electron chi connectivity index (χ1n) is 15.6. The Labute approximate surface area is 291 Å².